The van der Waals surface area contributed by atoms with Crippen LogP contribution in [0.3, 0.4) is 0 Å². The van der Waals surface area contributed by atoms with E-state index in [-0.39, 0.29) is 0 Å². The predicted octanol–water partition coefficient (Wildman–Crippen LogP) is 1.64. The SMILES string of the molecule is COC(=O)C(C)n1cc(C(F)(F)F)cn1. The molecule has 4 nitrogen and oxygen atoms in total. The van der Waals surface area contributed by atoms with Gasteiger partial charge in [-0.3, -0.25) is 4.68 Å². The fraction of sp³-hybridized carbons (Fsp3) is 0.500. The lowest BCUT2D eigenvalue weighted by molar-refractivity contribution is -0.144. The van der Waals surface area contributed by atoms with Crippen molar-refractivity contribution in [1.82, 2.24) is 9.78 Å². The van der Waals surface area contributed by atoms with E-state index in [4.69, 9.17) is 0 Å². The Morgan fingerprint density at radius 3 is 2.60 bits per heavy atom. The summed E-state index contributed by atoms with van der Waals surface area (Å²) in [5.74, 6) is -0.646. The number of ether oxygens (including phenoxy) is 1. The van der Waals surface area contributed by atoms with Gasteiger partial charge in [0.15, 0.2) is 0 Å². The first-order valence-corrected chi connectivity index (χ1v) is 4.05. The fourth-order valence-corrected chi connectivity index (χ4v) is 0.975. The van der Waals surface area contributed by atoms with Crippen LogP contribution in [0.5, 0.6) is 0 Å². The molecule has 0 fully saturated rings. The molecule has 0 radical (unpaired) electrons. The average Bonchev–Trinajstić information content (AvgIpc) is 2.63. The smallest absolute Gasteiger partial charge is 0.419 e. The maximum absolute atomic E-state index is 12.2. The van der Waals surface area contributed by atoms with Crippen molar-refractivity contribution in [2.75, 3.05) is 7.11 Å². The molecular weight excluding hydrogens is 213 g/mol. The molecule has 0 spiro atoms. The van der Waals surface area contributed by atoms with E-state index in [0.29, 0.717) is 6.20 Å². The summed E-state index contributed by atoms with van der Waals surface area (Å²) in [4.78, 5) is 11.0. The van der Waals surface area contributed by atoms with Crippen molar-refractivity contribution in [3.8, 4) is 0 Å². The molecule has 84 valence electrons. The van der Waals surface area contributed by atoms with Crippen LogP contribution in [0.1, 0.15) is 18.5 Å². The number of halogens is 3. The highest BCUT2D eigenvalue weighted by Crippen LogP contribution is 2.29. The highest BCUT2D eigenvalue weighted by molar-refractivity contribution is 5.73. The first-order chi connectivity index (χ1) is 6.86. The maximum atomic E-state index is 12.2. The molecule has 0 bridgehead atoms. The number of hydrogen-bond acceptors (Lipinski definition) is 3. The number of hydrogen-bond donors (Lipinski definition) is 0. The molecule has 0 aliphatic carbocycles. The number of rotatable bonds is 2. The quantitative estimate of drug-likeness (QED) is 0.714. The van der Waals surface area contributed by atoms with Gasteiger partial charge in [-0.25, -0.2) is 4.79 Å². The van der Waals surface area contributed by atoms with Crippen LogP contribution in [0.2, 0.25) is 0 Å². The van der Waals surface area contributed by atoms with Crippen molar-refractivity contribution in [1.29, 1.82) is 0 Å². The molecule has 0 N–H and O–H groups in total. The second kappa shape index (κ2) is 3.92. The van der Waals surface area contributed by atoms with Crippen molar-refractivity contribution in [2.45, 2.75) is 19.1 Å². The Morgan fingerprint density at radius 1 is 1.60 bits per heavy atom. The highest BCUT2D eigenvalue weighted by Gasteiger charge is 2.33. The van der Waals surface area contributed by atoms with Gasteiger partial charge in [0.05, 0.1) is 18.9 Å². The minimum Gasteiger partial charge on any atom is -0.467 e. The van der Waals surface area contributed by atoms with Gasteiger partial charge in [0, 0.05) is 6.20 Å². The molecule has 0 aliphatic heterocycles. The van der Waals surface area contributed by atoms with Gasteiger partial charge in [0.2, 0.25) is 0 Å². The van der Waals surface area contributed by atoms with Gasteiger partial charge in [-0.15, -0.1) is 0 Å². The summed E-state index contributed by atoms with van der Waals surface area (Å²) >= 11 is 0. The molecule has 1 aromatic rings. The van der Waals surface area contributed by atoms with Gasteiger partial charge < -0.3 is 4.74 Å². The Morgan fingerprint density at radius 2 is 2.20 bits per heavy atom. The normalized spacial score (nSPS) is 13.7. The molecule has 0 saturated carbocycles. The van der Waals surface area contributed by atoms with Crippen LogP contribution in [0.25, 0.3) is 0 Å². The Balaban J connectivity index is 2.89. The van der Waals surface area contributed by atoms with E-state index in [9.17, 15) is 18.0 Å². The number of alkyl halides is 3. The second-order valence-corrected chi connectivity index (χ2v) is 2.91. The van der Waals surface area contributed by atoms with Crippen LogP contribution in [0.15, 0.2) is 12.4 Å². The van der Waals surface area contributed by atoms with Crippen molar-refractivity contribution in [2.24, 2.45) is 0 Å². The van der Waals surface area contributed by atoms with Crippen molar-refractivity contribution in [3.05, 3.63) is 18.0 Å². The molecule has 1 aromatic heterocycles. The Bertz CT molecular complexity index is 359. The lowest BCUT2D eigenvalue weighted by atomic mass is 10.3. The lowest BCUT2D eigenvalue weighted by Crippen LogP contribution is -2.18. The number of esters is 1. The molecule has 0 aliphatic rings. The Labute approximate surface area is 83.6 Å². The van der Waals surface area contributed by atoms with E-state index in [0.717, 1.165) is 18.0 Å². The minimum absolute atomic E-state index is 0.646. The van der Waals surface area contributed by atoms with E-state index in [1.54, 1.807) is 0 Å². The third-order valence-corrected chi connectivity index (χ3v) is 1.87. The average molecular weight is 222 g/mol. The number of nitrogens with zero attached hydrogens (tertiary/aromatic N) is 2. The number of carbonyl (C=O) groups is 1. The van der Waals surface area contributed by atoms with Crippen LogP contribution in [-0.4, -0.2) is 22.9 Å². The second-order valence-electron chi connectivity index (χ2n) is 2.91. The van der Waals surface area contributed by atoms with Crippen LogP contribution >= 0.6 is 0 Å². The van der Waals surface area contributed by atoms with Gasteiger partial charge in [-0.05, 0) is 6.92 Å². The summed E-state index contributed by atoms with van der Waals surface area (Å²) in [5, 5.41) is 3.45. The van der Waals surface area contributed by atoms with Crippen LogP contribution in [0, 0.1) is 0 Å². The molecule has 0 aromatic carbocycles. The van der Waals surface area contributed by atoms with Gasteiger partial charge in [-0.2, -0.15) is 18.3 Å². The van der Waals surface area contributed by atoms with Crippen molar-refractivity contribution >= 4 is 5.97 Å². The van der Waals surface area contributed by atoms with Crippen LogP contribution in [0.4, 0.5) is 13.2 Å². The summed E-state index contributed by atoms with van der Waals surface area (Å²) in [6.07, 6.45) is -3.02. The van der Waals surface area contributed by atoms with E-state index in [1.165, 1.54) is 6.92 Å². The zero-order chi connectivity index (χ0) is 11.6. The van der Waals surface area contributed by atoms with Crippen molar-refractivity contribution in [3.63, 3.8) is 0 Å². The zero-order valence-electron chi connectivity index (χ0n) is 8.08. The molecule has 1 atom stereocenters. The molecule has 0 amide bonds. The van der Waals surface area contributed by atoms with E-state index in [1.807, 2.05) is 0 Å². The van der Waals surface area contributed by atoms with E-state index >= 15 is 0 Å². The minimum atomic E-state index is -4.45. The molecule has 7 heteroatoms. The van der Waals surface area contributed by atoms with Crippen molar-refractivity contribution < 1.29 is 22.7 Å². The summed E-state index contributed by atoms with van der Waals surface area (Å²) < 4.78 is 41.8. The summed E-state index contributed by atoms with van der Waals surface area (Å²) in [7, 11) is 1.16. The number of aromatic nitrogens is 2. The third kappa shape index (κ3) is 2.48. The van der Waals surface area contributed by atoms with Gasteiger partial charge in [0.1, 0.15) is 6.04 Å². The zero-order valence-corrected chi connectivity index (χ0v) is 8.08. The van der Waals surface area contributed by atoms with Gasteiger partial charge in [0.25, 0.3) is 0 Å². The maximum Gasteiger partial charge on any atom is 0.419 e. The fourth-order valence-electron chi connectivity index (χ4n) is 0.975. The summed E-state index contributed by atoms with van der Waals surface area (Å²) in [6.45, 7) is 1.40. The van der Waals surface area contributed by atoms with Gasteiger partial charge in [-0.1, -0.05) is 0 Å². The lowest BCUT2D eigenvalue weighted by Gasteiger charge is -2.08. The largest absolute Gasteiger partial charge is 0.467 e. The van der Waals surface area contributed by atoms with Crippen LogP contribution in [-0.2, 0) is 15.7 Å². The van der Waals surface area contributed by atoms with E-state index < -0.39 is 23.8 Å². The molecule has 0 saturated heterocycles. The molecule has 15 heavy (non-hydrogen) atoms. The molecule has 1 unspecified atom stereocenters. The summed E-state index contributed by atoms with van der Waals surface area (Å²) in [5.41, 5.74) is -0.891. The monoisotopic (exact) mass is 222 g/mol. The van der Waals surface area contributed by atoms with Gasteiger partial charge >= 0.3 is 12.1 Å². The molecular formula is C8H9F3N2O2. The van der Waals surface area contributed by atoms with E-state index in [2.05, 4.69) is 9.84 Å². The standard InChI is InChI=1S/C8H9F3N2O2/c1-5(7(14)15-2)13-4-6(3-12-13)8(9,10)11/h3-5H,1-2H3. The van der Waals surface area contributed by atoms with Crippen LogP contribution < -0.4 is 0 Å². The highest BCUT2D eigenvalue weighted by atomic mass is 19.4. The third-order valence-electron chi connectivity index (χ3n) is 1.87. The first-order valence-electron chi connectivity index (χ1n) is 4.05. The molecule has 1 heterocycles. The Kier molecular flexibility index (Phi) is 3.01. The number of methoxy groups -OCH3 is 1. The Hall–Kier alpha value is -1.53. The number of carbonyl (C=O) groups excluding carboxylic acids is 1. The first kappa shape index (κ1) is 11.5. The topological polar surface area (TPSA) is 44.1 Å². The predicted molar refractivity (Wildman–Crippen MR) is 44.0 cm³/mol. The summed E-state index contributed by atoms with van der Waals surface area (Å²) in [6, 6.07) is -0.869. The molecule has 1 rings (SSSR count).